The summed E-state index contributed by atoms with van der Waals surface area (Å²) < 4.78 is 7.02. The van der Waals surface area contributed by atoms with Crippen LogP contribution in [-0.2, 0) is 18.4 Å². The number of hydrogen-bond acceptors (Lipinski definition) is 5. The Morgan fingerprint density at radius 3 is 2.47 bits per heavy atom. The Hall–Kier alpha value is -4.19. The van der Waals surface area contributed by atoms with Gasteiger partial charge in [-0.1, -0.05) is 73.9 Å². The molecule has 1 fully saturated rings. The first-order valence-corrected chi connectivity index (χ1v) is 13.4. The molecule has 2 aliphatic rings. The predicted octanol–water partition coefficient (Wildman–Crippen LogP) is 6.17. The van der Waals surface area contributed by atoms with Crippen LogP contribution in [0.15, 0.2) is 88.8 Å². The second-order valence-corrected chi connectivity index (χ2v) is 10.4. The summed E-state index contributed by atoms with van der Waals surface area (Å²) in [5.41, 5.74) is 9.00. The third-order valence-electron chi connectivity index (χ3n) is 7.99. The van der Waals surface area contributed by atoms with Crippen molar-refractivity contribution in [3.05, 3.63) is 111 Å². The summed E-state index contributed by atoms with van der Waals surface area (Å²) in [6.45, 7) is 0.429. The highest BCUT2D eigenvalue weighted by atomic mass is 16.5. The van der Waals surface area contributed by atoms with Gasteiger partial charge in [0.2, 0.25) is 5.95 Å². The number of anilines is 1. The van der Waals surface area contributed by atoms with Crippen LogP contribution < -0.4 is 15.7 Å². The van der Waals surface area contributed by atoms with Gasteiger partial charge in [0, 0.05) is 11.0 Å². The molecule has 0 atom stereocenters. The van der Waals surface area contributed by atoms with Crippen molar-refractivity contribution in [1.82, 2.24) is 9.55 Å². The lowest BCUT2D eigenvalue weighted by atomic mass is 9.62. The first-order valence-electron chi connectivity index (χ1n) is 13.4. The van der Waals surface area contributed by atoms with Crippen LogP contribution in [0.5, 0.6) is 5.75 Å². The molecule has 1 aromatic heterocycles. The second-order valence-electron chi connectivity index (χ2n) is 10.4. The van der Waals surface area contributed by atoms with Gasteiger partial charge in [0.15, 0.2) is 0 Å². The van der Waals surface area contributed by atoms with Gasteiger partial charge in [0.05, 0.1) is 31.1 Å². The number of aromatic nitrogens is 2. The van der Waals surface area contributed by atoms with Crippen molar-refractivity contribution < 1.29 is 4.74 Å². The average Bonchev–Trinajstić information content (AvgIpc) is 2.96. The highest BCUT2D eigenvalue weighted by Gasteiger charge is 2.43. The maximum Gasteiger partial charge on any atom is 0.259 e. The van der Waals surface area contributed by atoms with Gasteiger partial charge in [-0.15, -0.1) is 0 Å². The van der Waals surface area contributed by atoms with Crippen LogP contribution in [0.25, 0.3) is 11.3 Å². The lowest BCUT2D eigenvalue weighted by Crippen LogP contribution is -2.43. The Balaban J connectivity index is 1.48. The van der Waals surface area contributed by atoms with Gasteiger partial charge in [-0.05, 0) is 60.2 Å². The molecule has 6 nitrogen and oxygen atoms in total. The van der Waals surface area contributed by atoms with Crippen molar-refractivity contribution >= 4 is 12.2 Å². The minimum Gasteiger partial charge on any atom is -0.497 e. The molecule has 0 saturated heterocycles. The van der Waals surface area contributed by atoms with E-state index in [0.29, 0.717) is 12.5 Å². The third-order valence-corrected chi connectivity index (χ3v) is 7.99. The minimum atomic E-state index is -0.157. The van der Waals surface area contributed by atoms with E-state index in [9.17, 15) is 4.79 Å². The number of ether oxygens (including phenoxy) is 1. The molecule has 1 heterocycles. The number of rotatable bonds is 6. The highest BCUT2D eigenvalue weighted by molar-refractivity contribution is 5.80. The zero-order chi connectivity index (χ0) is 26.0. The number of fused-ring (bicyclic) bond motifs is 4. The SMILES string of the molecule is COc1ccc(/C=N\Nc2nc3c(c(=O)n2Cc2ccccc2)C2(CCCCC2)Cc2ccccc2-3)cc1. The standard InChI is InChI=1S/C32H32N4O2/c1-38-26-16-14-23(15-17-26)21-33-35-31-34-29-27-13-7-6-12-25(27)20-32(18-8-3-9-19-32)28(29)30(37)36(31)22-24-10-4-2-5-11-24/h2,4-7,10-17,21H,3,8-9,18-20,22H2,1H3,(H,34,35)/b33-21-. The van der Waals surface area contributed by atoms with Crippen LogP contribution in [0.4, 0.5) is 5.95 Å². The van der Waals surface area contributed by atoms with Gasteiger partial charge in [-0.3, -0.25) is 9.36 Å². The van der Waals surface area contributed by atoms with Gasteiger partial charge >= 0.3 is 0 Å². The van der Waals surface area contributed by atoms with Crippen LogP contribution in [-0.4, -0.2) is 22.9 Å². The van der Waals surface area contributed by atoms with Gasteiger partial charge in [-0.25, -0.2) is 10.4 Å². The first kappa shape index (κ1) is 24.2. The van der Waals surface area contributed by atoms with Gasteiger partial charge in [0.1, 0.15) is 5.75 Å². The molecule has 6 rings (SSSR count). The predicted molar refractivity (Wildman–Crippen MR) is 152 cm³/mol. The molecule has 0 aliphatic heterocycles. The first-order chi connectivity index (χ1) is 18.7. The van der Waals surface area contributed by atoms with Crippen LogP contribution in [0, 0.1) is 0 Å². The Kier molecular flexibility index (Phi) is 6.54. The van der Waals surface area contributed by atoms with E-state index in [0.717, 1.165) is 65.8 Å². The smallest absolute Gasteiger partial charge is 0.259 e. The molecular formula is C32H32N4O2. The lowest BCUT2D eigenvalue weighted by Gasteiger charge is -2.42. The van der Waals surface area contributed by atoms with Gasteiger partial charge < -0.3 is 4.74 Å². The fraction of sp³-hybridized carbons (Fsp3) is 0.281. The molecule has 0 bridgehead atoms. The van der Waals surface area contributed by atoms with Crippen molar-refractivity contribution in [3.8, 4) is 17.0 Å². The van der Waals surface area contributed by atoms with Crippen molar-refractivity contribution in [2.24, 2.45) is 5.10 Å². The normalized spacial score (nSPS) is 15.7. The number of nitrogens with one attached hydrogen (secondary N) is 1. The Labute approximate surface area is 223 Å². The molecule has 6 heteroatoms. The quantitative estimate of drug-likeness (QED) is 0.252. The lowest BCUT2D eigenvalue weighted by molar-refractivity contribution is 0.283. The molecule has 192 valence electrons. The van der Waals surface area contributed by atoms with E-state index in [1.165, 1.54) is 12.0 Å². The average molecular weight is 505 g/mol. The van der Waals surface area contributed by atoms with E-state index in [1.807, 2.05) is 60.7 Å². The molecule has 1 spiro atoms. The Morgan fingerprint density at radius 1 is 0.974 bits per heavy atom. The summed E-state index contributed by atoms with van der Waals surface area (Å²) >= 11 is 0. The molecule has 1 saturated carbocycles. The van der Waals surface area contributed by atoms with E-state index in [1.54, 1.807) is 17.9 Å². The van der Waals surface area contributed by atoms with E-state index in [-0.39, 0.29) is 11.0 Å². The van der Waals surface area contributed by atoms with E-state index in [4.69, 9.17) is 9.72 Å². The van der Waals surface area contributed by atoms with Gasteiger partial charge in [0.25, 0.3) is 5.56 Å². The molecule has 0 unspecified atom stereocenters. The van der Waals surface area contributed by atoms with Crippen LogP contribution in [0.3, 0.4) is 0 Å². The van der Waals surface area contributed by atoms with E-state index >= 15 is 0 Å². The third kappa shape index (κ3) is 4.51. The number of hydrogen-bond donors (Lipinski definition) is 1. The van der Waals surface area contributed by atoms with Crippen molar-refractivity contribution in [1.29, 1.82) is 0 Å². The van der Waals surface area contributed by atoms with Crippen molar-refractivity contribution in [2.45, 2.75) is 50.5 Å². The fourth-order valence-corrected chi connectivity index (χ4v) is 6.09. The summed E-state index contributed by atoms with van der Waals surface area (Å²) in [7, 11) is 1.65. The second kappa shape index (κ2) is 10.3. The summed E-state index contributed by atoms with van der Waals surface area (Å²) in [6, 6.07) is 26.2. The summed E-state index contributed by atoms with van der Waals surface area (Å²) in [4.78, 5) is 19.6. The molecule has 1 N–H and O–H groups in total. The van der Waals surface area contributed by atoms with Crippen LogP contribution in [0.1, 0.15) is 54.4 Å². The molecule has 2 aliphatic carbocycles. The number of hydrazone groups is 1. The minimum absolute atomic E-state index is 0.0393. The zero-order valence-electron chi connectivity index (χ0n) is 21.7. The number of benzene rings is 3. The molecule has 38 heavy (non-hydrogen) atoms. The Bertz CT molecular complexity index is 1520. The molecule has 0 amide bonds. The van der Waals surface area contributed by atoms with Crippen LogP contribution in [0.2, 0.25) is 0 Å². The molecular weight excluding hydrogens is 472 g/mol. The van der Waals surface area contributed by atoms with E-state index in [2.05, 4.69) is 28.7 Å². The number of methoxy groups -OCH3 is 1. The summed E-state index contributed by atoms with van der Waals surface area (Å²) in [5.74, 6) is 1.24. The van der Waals surface area contributed by atoms with Gasteiger partial charge in [-0.2, -0.15) is 5.10 Å². The maximum absolute atomic E-state index is 14.4. The van der Waals surface area contributed by atoms with Crippen molar-refractivity contribution in [3.63, 3.8) is 0 Å². The summed E-state index contributed by atoms with van der Waals surface area (Å²) in [6.07, 6.45) is 8.20. The molecule has 4 aromatic rings. The van der Waals surface area contributed by atoms with Crippen molar-refractivity contribution in [2.75, 3.05) is 12.5 Å². The fourth-order valence-electron chi connectivity index (χ4n) is 6.09. The maximum atomic E-state index is 14.4. The largest absolute Gasteiger partial charge is 0.497 e. The Morgan fingerprint density at radius 2 is 1.71 bits per heavy atom. The zero-order valence-corrected chi connectivity index (χ0v) is 21.7. The molecule has 3 aromatic carbocycles. The topological polar surface area (TPSA) is 68.5 Å². The monoisotopic (exact) mass is 504 g/mol. The highest BCUT2D eigenvalue weighted by Crippen LogP contribution is 2.48. The summed E-state index contributed by atoms with van der Waals surface area (Å²) in [5, 5.41) is 4.48. The number of nitrogens with zero attached hydrogens (tertiary/aromatic N) is 3. The molecule has 0 radical (unpaired) electrons. The van der Waals surface area contributed by atoms with Crippen LogP contribution >= 0.6 is 0 Å². The van der Waals surface area contributed by atoms with E-state index < -0.39 is 0 Å².